The molecule has 1 aromatic carbocycles. The van der Waals surface area contributed by atoms with Crippen molar-refractivity contribution in [1.29, 1.82) is 0 Å². The molecule has 10 heteroatoms. The number of nitrogens with zero attached hydrogens (tertiary/aromatic N) is 3. The van der Waals surface area contributed by atoms with E-state index in [2.05, 4.69) is 20.4 Å². The van der Waals surface area contributed by atoms with E-state index >= 15 is 0 Å². The zero-order valence-corrected chi connectivity index (χ0v) is 22.3. The normalized spacial score (nSPS) is 14.8. The van der Waals surface area contributed by atoms with Crippen molar-refractivity contribution in [2.24, 2.45) is 0 Å². The molecular weight excluding hydrogens is 488 g/mol. The molecule has 0 radical (unpaired) electrons. The number of aromatic nitrogens is 3. The standard InChI is InChI=1S/C28H38N4O6/c1-4-18-10-20(9-17(2)26(18)37-16-23(35)13-29-22(14-33)15-34)27-31-28(38-32-27)21-11-24(19-7-5-6-8-19)30-25(12-21)36-3/h9-12,19,22-23,29,33-35H,4-8,13-16H2,1-3H3. The zero-order valence-electron chi connectivity index (χ0n) is 22.3. The fourth-order valence-corrected chi connectivity index (χ4v) is 4.82. The van der Waals surface area contributed by atoms with Crippen molar-refractivity contribution in [1.82, 2.24) is 20.4 Å². The van der Waals surface area contributed by atoms with Crippen molar-refractivity contribution in [2.75, 3.05) is 33.5 Å². The molecule has 0 spiro atoms. The van der Waals surface area contributed by atoms with Gasteiger partial charge in [0.1, 0.15) is 18.5 Å². The first-order valence-electron chi connectivity index (χ1n) is 13.3. The SMILES string of the molecule is CCc1cc(-c2noc(-c3cc(OC)nc(C4CCCC4)c3)n2)cc(C)c1OCC(O)CNC(CO)CO. The van der Waals surface area contributed by atoms with Gasteiger partial charge in [-0.2, -0.15) is 4.98 Å². The molecule has 0 aliphatic heterocycles. The van der Waals surface area contributed by atoms with Crippen LogP contribution in [-0.4, -0.2) is 76.1 Å². The molecule has 206 valence electrons. The highest BCUT2D eigenvalue weighted by Crippen LogP contribution is 2.36. The van der Waals surface area contributed by atoms with Crippen LogP contribution >= 0.6 is 0 Å². The molecule has 2 aromatic heterocycles. The van der Waals surface area contributed by atoms with Crippen molar-refractivity contribution in [3.63, 3.8) is 0 Å². The molecule has 3 aromatic rings. The maximum absolute atomic E-state index is 10.3. The van der Waals surface area contributed by atoms with E-state index < -0.39 is 12.1 Å². The lowest BCUT2D eigenvalue weighted by Gasteiger charge is -2.19. The molecule has 2 heterocycles. The second-order valence-electron chi connectivity index (χ2n) is 9.80. The monoisotopic (exact) mass is 526 g/mol. The number of aliphatic hydroxyl groups excluding tert-OH is 3. The summed E-state index contributed by atoms with van der Waals surface area (Å²) in [7, 11) is 1.61. The lowest BCUT2D eigenvalue weighted by atomic mass is 10.0. The van der Waals surface area contributed by atoms with Crippen LogP contribution in [-0.2, 0) is 6.42 Å². The molecule has 1 aliphatic carbocycles. The molecule has 4 rings (SSSR count). The van der Waals surface area contributed by atoms with Crippen LogP contribution in [0, 0.1) is 6.92 Å². The molecular formula is C28H38N4O6. The minimum atomic E-state index is -0.800. The van der Waals surface area contributed by atoms with Crippen molar-refractivity contribution in [3.8, 4) is 34.5 Å². The summed E-state index contributed by atoms with van der Waals surface area (Å²) in [6.45, 7) is 3.82. The molecule has 0 saturated heterocycles. The van der Waals surface area contributed by atoms with Crippen molar-refractivity contribution in [2.45, 2.75) is 64.0 Å². The number of hydrogen-bond donors (Lipinski definition) is 4. The summed E-state index contributed by atoms with van der Waals surface area (Å²) in [5.41, 5.74) is 4.46. The second kappa shape index (κ2) is 13.1. The Morgan fingerprint density at radius 2 is 1.84 bits per heavy atom. The maximum atomic E-state index is 10.3. The molecule has 0 bridgehead atoms. The second-order valence-corrected chi connectivity index (χ2v) is 9.80. The third-order valence-electron chi connectivity index (χ3n) is 6.97. The fraction of sp³-hybridized carbons (Fsp3) is 0.536. The highest BCUT2D eigenvalue weighted by Gasteiger charge is 2.22. The Bertz CT molecular complexity index is 1190. The third-order valence-corrected chi connectivity index (χ3v) is 6.97. The molecule has 1 unspecified atom stereocenters. The van der Waals surface area contributed by atoms with Crippen LogP contribution in [0.1, 0.15) is 55.3 Å². The van der Waals surface area contributed by atoms with Gasteiger partial charge in [0.25, 0.3) is 5.89 Å². The van der Waals surface area contributed by atoms with Crippen molar-refractivity contribution < 1.29 is 29.3 Å². The summed E-state index contributed by atoms with van der Waals surface area (Å²) >= 11 is 0. The number of benzene rings is 1. The van der Waals surface area contributed by atoms with Crippen LogP contribution in [0.15, 0.2) is 28.8 Å². The molecule has 4 N–H and O–H groups in total. The Labute approximate surface area is 223 Å². The van der Waals surface area contributed by atoms with Gasteiger partial charge >= 0.3 is 0 Å². The highest BCUT2D eigenvalue weighted by atomic mass is 16.5. The van der Waals surface area contributed by atoms with Crippen LogP contribution in [0.2, 0.25) is 0 Å². The van der Waals surface area contributed by atoms with Gasteiger partial charge in [-0.15, -0.1) is 0 Å². The summed E-state index contributed by atoms with van der Waals surface area (Å²) in [6, 6.07) is 7.29. The van der Waals surface area contributed by atoms with E-state index in [0.29, 0.717) is 35.7 Å². The summed E-state index contributed by atoms with van der Waals surface area (Å²) in [5.74, 6) is 2.56. The Kier molecular flexibility index (Phi) is 9.68. The number of nitrogens with one attached hydrogen (secondary N) is 1. The van der Waals surface area contributed by atoms with E-state index in [0.717, 1.165) is 40.8 Å². The molecule has 0 amide bonds. The number of aliphatic hydroxyl groups is 3. The predicted molar refractivity (Wildman–Crippen MR) is 142 cm³/mol. The molecule has 38 heavy (non-hydrogen) atoms. The van der Waals surface area contributed by atoms with Gasteiger partial charge in [-0.25, -0.2) is 4.98 Å². The molecule has 1 aliphatic rings. The van der Waals surface area contributed by atoms with E-state index in [9.17, 15) is 5.11 Å². The minimum Gasteiger partial charge on any atom is -0.490 e. The fourth-order valence-electron chi connectivity index (χ4n) is 4.82. The van der Waals surface area contributed by atoms with E-state index in [-0.39, 0.29) is 26.4 Å². The van der Waals surface area contributed by atoms with Gasteiger partial charge in [0.05, 0.1) is 26.4 Å². The first-order valence-corrected chi connectivity index (χ1v) is 13.3. The van der Waals surface area contributed by atoms with Gasteiger partial charge in [-0.1, -0.05) is 24.9 Å². The summed E-state index contributed by atoms with van der Waals surface area (Å²) < 4.78 is 17.1. The average molecular weight is 527 g/mol. The van der Waals surface area contributed by atoms with Gasteiger partial charge in [0, 0.05) is 35.3 Å². The number of methoxy groups -OCH3 is 1. The number of ether oxygens (including phenoxy) is 2. The van der Waals surface area contributed by atoms with E-state index in [1.807, 2.05) is 38.1 Å². The first kappa shape index (κ1) is 28.0. The van der Waals surface area contributed by atoms with Gasteiger partial charge in [-0.3, -0.25) is 0 Å². The summed E-state index contributed by atoms with van der Waals surface area (Å²) in [4.78, 5) is 9.34. The van der Waals surface area contributed by atoms with Crippen LogP contribution in [0.4, 0.5) is 0 Å². The number of pyridine rings is 1. The van der Waals surface area contributed by atoms with E-state index in [4.69, 9.17) is 24.2 Å². The van der Waals surface area contributed by atoms with E-state index in [1.54, 1.807) is 7.11 Å². The Balaban J connectivity index is 1.51. The Morgan fingerprint density at radius 3 is 2.53 bits per heavy atom. The number of aryl methyl sites for hydroxylation is 2. The lowest BCUT2D eigenvalue weighted by Crippen LogP contribution is -2.42. The van der Waals surface area contributed by atoms with E-state index in [1.165, 1.54) is 12.8 Å². The predicted octanol–water partition coefficient (Wildman–Crippen LogP) is 3.02. The molecule has 1 saturated carbocycles. The Hall–Kier alpha value is -3.05. The smallest absolute Gasteiger partial charge is 0.258 e. The Morgan fingerprint density at radius 1 is 1.08 bits per heavy atom. The van der Waals surface area contributed by atoms with Crippen LogP contribution < -0.4 is 14.8 Å². The van der Waals surface area contributed by atoms with Gasteiger partial charge < -0.3 is 34.6 Å². The van der Waals surface area contributed by atoms with Crippen LogP contribution in [0.5, 0.6) is 11.6 Å². The summed E-state index contributed by atoms with van der Waals surface area (Å²) in [5, 5.41) is 35.7. The first-order chi connectivity index (χ1) is 18.4. The quantitative estimate of drug-likeness (QED) is 0.262. The topological polar surface area (TPSA) is 143 Å². The highest BCUT2D eigenvalue weighted by molar-refractivity contribution is 5.64. The molecule has 1 atom stereocenters. The third kappa shape index (κ3) is 6.68. The lowest BCUT2D eigenvalue weighted by molar-refractivity contribution is 0.0923. The minimum absolute atomic E-state index is 0.0727. The van der Waals surface area contributed by atoms with Gasteiger partial charge in [0.15, 0.2) is 0 Å². The van der Waals surface area contributed by atoms with Gasteiger partial charge in [0.2, 0.25) is 11.7 Å². The van der Waals surface area contributed by atoms with Crippen molar-refractivity contribution >= 4 is 0 Å². The van der Waals surface area contributed by atoms with Crippen LogP contribution in [0.25, 0.3) is 22.8 Å². The zero-order chi connectivity index (χ0) is 27.1. The molecule has 10 nitrogen and oxygen atoms in total. The van der Waals surface area contributed by atoms with Gasteiger partial charge in [-0.05, 0) is 55.5 Å². The largest absolute Gasteiger partial charge is 0.490 e. The van der Waals surface area contributed by atoms with Crippen LogP contribution in [0.3, 0.4) is 0 Å². The number of rotatable bonds is 13. The molecule has 1 fully saturated rings. The van der Waals surface area contributed by atoms with Crippen molar-refractivity contribution in [3.05, 3.63) is 41.1 Å². The average Bonchev–Trinajstić information content (AvgIpc) is 3.65. The number of hydrogen-bond acceptors (Lipinski definition) is 10. The summed E-state index contributed by atoms with van der Waals surface area (Å²) in [6.07, 6.45) is 4.60. The maximum Gasteiger partial charge on any atom is 0.258 e.